The summed E-state index contributed by atoms with van der Waals surface area (Å²) < 4.78 is 18.4. The van der Waals surface area contributed by atoms with E-state index >= 15 is 0 Å². The van der Waals surface area contributed by atoms with Crippen LogP contribution in [0.3, 0.4) is 0 Å². The lowest BCUT2D eigenvalue weighted by Crippen LogP contribution is -2.21. The van der Waals surface area contributed by atoms with Gasteiger partial charge in [-0.3, -0.25) is 4.79 Å². The third kappa shape index (κ3) is 3.28. The van der Waals surface area contributed by atoms with Crippen LogP contribution < -0.4 is 5.32 Å². The van der Waals surface area contributed by atoms with Gasteiger partial charge in [-0.2, -0.15) is 0 Å². The Morgan fingerprint density at radius 2 is 2.04 bits per heavy atom. The molecule has 0 fully saturated rings. The number of benzene rings is 1. The van der Waals surface area contributed by atoms with E-state index in [0.29, 0.717) is 30.9 Å². The van der Waals surface area contributed by atoms with Crippen molar-refractivity contribution in [1.29, 1.82) is 0 Å². The molecule has 1 aliphatic rings. The zero-order valence-electron chi connectivity index (χ0n) is 13.4. The average Bonchev–Trinajstić information content (AvgIpc) is 3.15. The first-order chi connectivity index (χ1) is 12.2. The van der Waals surface area contributed by atoms with Crippen molar-refractivity contribution in [1.82, 2.24) is 9.97 Å². The minimum atomic E-state index is -0.267. The standard InChI is InChI=1S/C19H16FN3O2/c20-14-5-3-12(4-6-14)10-21-19-22-11-15-16(23-19)8-13(9-17(15)24)18-2-1-7-25-18/h1-7,11,13H,8-10H2,(H,21,22,23)/t13-/m1/s1. The van der Waals surface area contributed by atoms with Gasteiger partial charge in [-0.1, -0.05) is 12.1 Å². The maximum Gasteiger partial charge on any atom is 0.223 e. The number of aromatic nitrogens is 2. The molecule has 1 N–H and O–H groups in total. The normalized spacial score (nSPS) is 16.5. The van der Waals surface area contributed by atoms with Crippen LogP contribution in [0.5, 0.6) is 0 Å². The number of ketones is 1. The maximum absolute atomic E-state index is 12.9. The van der Waals surface area contributed by atoms with E-state index in [-0.39, 0.29) is 17.5 Å². The molecule has 1 aliphatic carbocycles. The van der Waals surface area contributed by atoms with Crippen molar-refractivity contribution < 1.29 is 13.6 Å². The maximum atomic E-state index is 12.9. The number of nitrogens with one attached hydrogen (secondary N) is 1. The van der Waals surface area contributed by atoms with Crippen molar-refractivity contribution in [3.63, 3.8) is 0 Å². The van der Waals surface area contributed by atoms with Crippen LogP contribution >= 0.6 is 0 Å². The first kappa shape index (κ1) is 15.5. The molecule has 126 valence electrons. The monoisotopic (exact) mass is 337 g/mol. The van der Waals surface area contributed by atoms with Gasteiger partial charge in [0.2, 0.25) is 5.95 Å². The minimum Gasteiger partial charge on any atom is -0.469 e. The van der Waals surface area contributed by atoms with Gasteiger partial charge in [0.1, 0.15) is 11.6 Å². The van der Waals surface area contributed by atoms with Gasteiger partial charge in [-0.05, 0) is 29.8 Å². The predicted molar refractivity (Wildman–Crippen MR) is 89.9 cm³/mol. The summed E-state index contributed by atoms with van der Waals surface area (Å²) in [7, 11) is 0. The van der Waals surface area contributed by atoms with Gasteiger partial charge >= 0.3 is 0 Å². The third-order valence-corrected chi connectivity index (χ3v) is 4.35. The fourth-order valence-electron chi connectivity index (χ4n) is 3.04. The SMILES string of the molecule is O=C1C[C@H](c2ccco2)Cc2nc(NCc3ccc(F)cc3)ncc21. The highest BCUT2D eigenvalue weighted by atomic mass is 19.1. The van der Waals surface area contributed by atoms with Crippen LogP contribution in [-0.4, -0.2) is 15.8 Å². The van der Waals surface area contributed by atoms with Crippen LogP contribution in [0.1, 0.15) is 39.7 Å². The van der Waals surface area contributed by atoms with Crippen molar-refractivity contribution in [2.75, 3.05) is 5.32 Å². The molecular formula is C19H16FN3O2. The van der Waals surface area contributed by atoms with Gasteiger partial charge in [0.05, 0.1) is 17.5 Å². The topological polar surface area (TPSA) is 68.0 Å². The number of fused-ring (bicyclic) bond motifs is 1. The highest BCUT2D eigenvalue weighted by Crippen LogP contribution is 2.32. The van der Waals surface area contributed by atoms with Gasteiger partial charge in [0.15, 0.2) is 5.78 Å². The van der Waals surface area contributed by atoms with Crippen LogP contribution in [-0.2, 0) is 13.0 Å². The number of Topliss-reactive ketones (excluding diaryl/α,β-unsaturated/α-hetero) is 1. The second-order valence-electron chi connectivity index (χ2n) is 6.08. The molecule has 0 spiro atoms. The molecule has 0 saturated carbocycles. The zero-order chi connectivity index (χ0) is 17.2. The largest absolute Gasteiger partial charge is 0.469 e. The van der Waals surface area contributed by atoms with Crippen LogP contribution in [0, 0.1) is 5.82 Å². The summed E-state index contributed by atoms with van der Waals surface area (Å²) >= 11 is 0. The van der Waals surface area contributed by atoms with Crippen LogP contribution in [0.15, 0.2) is 53.3 Å². The molecule has 6 heteroatoms. The smallest absolute Gasteiger partial charge is 0.223 e. The van der Waals surface area contributed by atoms with Crippen molar-refractivity contribution in [2.24, 2.45) is 0 Å². The predicted octanol–water partition coefficient (Wildman–Crippen LogP) is 3.73. The molecule has 1 aromatic carbocycles. The number of hydrogen-bond acceptors (Lipinski definition) is 5. The van der Waals surface area contributed by atoms with Crippen molar-refractivity contribution in [3.05, 3.63) is 77.3 Å². The van der Waals surface area contributed by atoms with Crippen molar-refractivity contribution in [3.8, 4) is 0 Å². The number of carbonyl (C=O) groups excluding carboxylic acids is 1. The second-order valence-corrected chi connectivity index (χ2v) is 6.08. The molecule has 4 rings (SSSR count). The van der Waals surface area contributed by atoms with Gasteiger partial charge in [0, 0.05) is 31.5 Å². The first-order valence-corrected chi connectivity index (χ1v) is 8.10. The number of furan rings is 1. The molecule has 0 unspecified atom stereocenters. The molecule has 1 atom stereocenters. The van der Waals surface area contributed by atoms with E-state index in [9.17, 15) is 9.18 Å². The lowest BCUT2D eigenvalue weighted by molar-refractivity contribution is 0.0958. The third-order valence-electron chi connectivity index (χ3n) is 4.35. The Morgan fingerprint density at radius 1 is 1.20 bits per heavy atom. The molecular weight excluding hydrogens is 321 g/mol. The van der Waals surface area contributed by atoms with E-state index in [1.807, 2.05) is 12.1 Å². The van der Waals surface area contributed by atoms with E-state index in [1.54, 1.807) is 24.6 Å². The van der Waals surface area contributed by atoms with E-state index in [2.05, 4.69) is 15.3 Å². The molecule has 0 saturated heterocycles. The average molecular weight is 337 g/mol. The Bertz CT molecular complexity index is 892. The highest BCUT2D eigenvalue weighted by Gasteiger charge is 2.29. The second kappa shape index (κ2) is 6.47. The summed E-state index contributed by atoms with van der Waals surface area (Å²) in [5, 5.41) is 3.12. The summed E-state index contributed by atoms with van der Waals surface area (Å²) in [4.78, 5) is 21.1. The van der Waals surface area contributed by atoms with Crippen LogP contribution in [0.25, 0.3) is 0 Å². The van der Waals surface area contributed by atoms with E-state index < -0.39 is 0 Å². The number of nitrogens with zero attached hydrogens (tertiary/aromatic N) is 2. The molecule has 2 aromatic heterocycles. The first-order valence-electron chi connectivity index (χ1n) is 8.10. The summed E-state index contributed by atoms with van der Waals surface area (Å²) in [6.45, 7) is 0.481. The van der Waals surface area contributed by atoms with Crippen LogP contribution in [0.2, 0.25) is 0 Å². The highest BCUT2D eigenvalue weighted by molar-refractivity contribution is 5.98. The Hall–Kier alpha value is -3.02. The number of anilines is 1. The fourth-order valence-corrected chi connectivity index (χ4v) is 3.04. The number of carbonyl (C=O) groups is 1. The molecule has 0 amide bonds. The Morgan fingerprint density at radius 3 is 2.80 bits per heavy atom. The molecule has 3 aromatic rings. The summed E-state index contributed by atoms with van der Waals surface area (Å²) in [6, 6.07) is 9.95. The Balaban J connectivity index is 1.52. The number of halogens is 1. The van der Waals surface area contributed by atoms with Crippen LogP contribution in [0.4, 0.5) is 10.3 Å². The van der Waals surface area contributed by atoms with E-state index in [1.165, 1.54) is 12.1 Å². The zero-order valence-corrected chi connectivity index (χ0v) is 13.4. The van der Waals surface area contributed by atoms with Gasteiger partial charge in [-0.15, -0.1) is 0 Å². The van der Waals surface area contributed by atoms with E-state index in [0.717, 1.165) is 17.0 Å². The number of rotatable bonds is 4. The van der Waals surface area contributed by atoms with Crippen molar-refractivity contribution in [2.45, 2.75) is 25.3 Å². The number of hydrogen-bond donors (Lipinski definition) is 1. The minimum absolute atomic E-state index is 0.00912. The van der Waals surface area contributed by atoms with Crippen molar-refractivity contribution >= 4 is 11.7 Å². The summed E-state index contributed by atoms with van der Waals surface area (Å²) in [5.41, 5.74) is 2.23. The quantitative estimate of drug-likeness (QED) is 0.785. The molecule has 0 bridgehead atoms. The lowest BCUT2D eigenvalue weighted by atomic mass is 9.85. The molecule has 5 nitrogen and oxygen atoms in total. The molecule has 25 heavy (non-hydrogen) atoms. The Labute approximate surface area is 143 Å². The molecule has 0 radical (unpaired) electrons. The molecule has 2 heterocycles. The lowest BCUT2D eigenvalue weighted by Gasteiger charge is -2.21. The van der Waals surface area contributed by atoms with Gasteiger partial charge < -0.3 is 9.73 Å². The van der Waals surface area contributed by atoms with Gasteiger partial charge in [-0.25, -0.2) is 14.4 Å². The molecule has 0 aliphatic heterocycles. The van der Waals surface area contributed by atoms with Gasteiger partial charge in [0.25, 0.3) is 0 Å². The summed E-state index contributed by atoms with van der Waals surface area (Å²) in [5.74, 6) is 1.04. The Kier molecular flexibility index (Phi) is 4.01. The summed E-state index contributed by atoms with van der Waals surface area (Å²) in [6.07, 6.45) is 4.25. The van der Waals surface area contributed by atoms with E-state index in [4.69, 9.17) is 4.42 Å². The fraction of sp³-hybridized carbons (Fsp3) is 0.211.